The Balaban J connectivity index is 2.06. The van der Waals surface area contributed by atoms with Gasteiger partial charge in [0, 0.05) is 10.9 Å². The minimum atomic E-state index is 0.302. The Bertz CT molecular complexity index is 928. The van der Waals surface area contributed by atoms with E-state index < -0.39 is 0 Å². The van der Waals surface area contributed by atoms with E-state index in [0.717, 1.165) is 0 Å². The second kappa shape index (κ2) is 5.75. The standard InChI is InChI=1S/C22H19S/c1-23(2)19-13-11-16(12-14-19)22-20-9-5-3-7-17(20)15-18-8-4-6-10-21(18)22/h3-15H,1-2H3/q+1. The van der Waals surface area contributed by atoms with Crippen LogP contribution >= 0.6 is 0 Å². The third kappa shape index (κ3) is 2.51. The lowest BCUT2D eigenvalue weighted by molar-refractivity contribution is 1.45. The number of hydrogen-bond acceptors (Lipinski definition) is 0. The van der Waals surface area contributed by atoms with E-state index in [2.05, 4.69) is 91.4 Å². The van der Waals surface area contributed by atoms with Gasteiger partial charge in [0.05, 0.1) is 0 Å². The van der Waals surface area contributed by atoms with Crippen LogP contribution in [0.4, 0.5) is 0 Å². The number of hydrogen-bond donors (Lipinski definition) is 0. The Labute approximate surface area is 140 Å². The molecule has 0 aliphatic carbocycles. The molecule has 0 aliphatic heterocycles. The van der Waals surface area contributed by atoms with Crippen molar-refractivity contribution in [1.82, 2.24) is 0 Å². The highest BCUT2D eigenvalue weighted by Gasteiger charge is 2.12. The van der Waals surface area contributed by atoms with Crippen LogP contribution in [0, 0.1) is 0 Å². The van der Waals surface area contributed by atoms with Crippen LogP contribution in [0.25, 0.3) is 32.7 Å². The molecule has 4 aromatic rings. The summed E-state index contributed by atoms with van der Waals surface area (Å²) in [6, 6.07) is 28.7. The van der Waals surface area contributed by atoms with Gasteiger partial charge >= 0.3 is 0 Å². The van der Waals surface area contributed by atoms with Crippen molar-refractivity contribution in [1.29, 1.82) is 0 Å². The highest BCUT2D eigenvalue weighted by molar-refractivity contribution is 7.95. The van der Waals surface area contributed by atoms with Crippen LogP contribution in [0.5, 0.6) is 0 Å². The lowest BCUT2D eigenvalue weighted by Gasteiger charge is -2.12. The van der Waals surface area contributed by atoms with Crippen molar-refractivity contribution < 1.29 is 0 Å². The molecule has 0 aliphatic rings. The lowest BCUT2D eigenvalue weighted by Crippen LogP contribution is -1.95. The fraction of sp³-hybridized carbons (Fsp3) is 0.0909. The van der Waals surface area contributed by atoms with E-state index in [-0.39, 0.29) is 0 Å². The summed E-state index contributed by atoms with van der Waals surface area (Å²) in [5.41, 5.74) is 2.64. The summed E-state index contributed by atoms with van der Waals surface area (Å²) in [5, 5.41) is 5.25. The average Bonchev–Trinajstić information content (AvgIpc) is 2.59. The van der Waals surface area contributed by atoms with Gasteiger partial charge in [0.15, 0.2) is 4.90 Å². The second-order valence-corrected chi connectivity index (χ2v) is 8.14. The third-order valence-corrected chi connectivity index (χ3v) is 5.60. The van der Waals surface area contributed by atoms with Crippen molar-refractivity contribution in [2.75, 3.05) is 12.5 Å². The fourth-order valence-electron chi connectivity index (χ4n) is 3.22. The molecule has 0 atom stereocenters. The van der Waals surface area contributed by atoms with Crippen LogP contribution < -0.4 is 0 Å². The molecular weight excluding hydrogens is 296 g/mol. The van der Waals surface area contributed by atoms with Crippen molar-refractivity contribution in [3.63, 3.8) is 0 Å². The van der Waals surface area contributed by atoms with Gasteiger partial charge in [-0.25, -0.2) is 0 Å². The van der Waals surface area contributed by atoms with E-state index in [1.165, 1.54) is 37.6 Å². The highest BCUT2D eigenvalue weighted by atomic mass is 32.2. The zero-order valence-corrected chi connectivity index (χ0v) is 14.2. The van der Waals surface area contributed by atoms with Gasteiger partial charge in [-0.1, -0.05) is 48.5 Å². The molecule has 4 rings (SSSR count). The Hall–Kier alpha value is -2.25. The molecule has 0 aromatic heterocycles. The molecule has 0 saturated heterocycles. The van der Waals surface area contributed by atoms with Crippen molar-refractivity contribution in [2.24, 2.45) is 0 Å². The summed E-state index contributed by atoms with van der Waals surface area (Å²) in [4.78, 5) is 1.42. The van der Waals surface area contributed by atoms with Gasteiger partial charge in [-0.2, -0.15) is 0 Å². The molecule has 0 bridgehead atoms. The van der Waals surface area contributed by atoms with E-state index >= 15 is 0 Å². The minimum absolute atomic E-state index is 0.302. The number of benzene rings is 4. The van der Waals surface area contributed by atoms with Crippen molar-refractivity contribution >= 4 is 32.4 Å². The first-order chi connectivity index (χ1) is 11.2. The van der Waals surface area contributed by atoms with Crippen LogP contribution in [0.1, 0.15) is 0 Å². The lowest BCUT2D eigenvalue weighted by atomic mass is 9.92. The van der Waals surface area contributed by atoms with Crippen molar-refractivity contribution in [3.05, 3.63) is 78.9 Å². The van der Waals surface area contributed by atoms with Gasteiger partial charge in [0.25, 0.3) is 0 Å². The van der Waals surface area contributed by atoms with E-state index in [1.54, 1.807) is 0 Å². The Kier molecular flexibility index (Phi) is 3.59. The molecule has 0 radical (unpaired) electrons. The van der Waals surface area contributed by atoms with Gasteiger partial charge in [-0.05, 0) is 63.0 Å². The molecule has 0 heterocycles. The van der Waals surface area contributed by atoms with Gasteiger partial charge in [-0.3, -0.25) is 0 Å². The Morgan fingerprint density at radius 3 is 1.65 bits per heavy atom. The first-order valence-corrected chi connectivity index (χ1v) is 9.87. The first-order valence-electron chi connectivity index (χ1n) is 7.82. The van der Waals surface area contributed by atoms with Crippen LogP contribution in [0.3, 0.4) is 0 Å². The van der Waals surface area contributed by atoms with Crippen LogP contribution in [0.2, 0.25) is 0 Å². The first kappa shape index (κ1) is 14.3. The average molecular weight is 315 g/mol. The minimum Gasteiger partial charge on any atom is -0.0616 e. The van der Waals surface area contributed by atoms with Crippen LogP contribution in [-0.2, 0) is 10.9 Å². The summed E-state index contributed by atoms with van der Waals surface area (Å²) in [6.07, 6.45) is 4.53. The van der Waals surface area contributed by atoms with Gasteiger partial charge in [-0.15, -0.1) is 0 Å². The van der Waals surface area contributed by atoms with E-state index in [1.807, 2.05) is 0 Å². The van der Waals surface area contributed by atoms with Crippen LogP contribution in [0.15, 0.2) is 83.8 Å². The molecule has 0 saturated carbocycles. The summed E-state index contributed by atoms with van der Waals surface area (Å²) >= 11 is 0. The molecule has 23 heavy (non-hydrogen) atoms. The predicted octanol–water partition coefficient (Wildman–Crippen LogP) is 5.90. The van der Waals surface area contributed by atoms with Crippen molar-refractivity contribution in [2.45, 2.75) is 4.90 Å². The molecule has 0 unspecified atom stereocenters. The molecule has 0 spiro atoms. The largest absolute Gasteiger partial charge is 0.154 e. The molecule has 1 heteroatoms. The smallest absolute Gasteiger partial charge is 0.0616 e. The summed E-state index contributed by atoms with van der Waals surface area (Å²) < 4.78 is 0. The quantitative estimate of drug-likeness (QED) is 0.319. The Morgan fingerprint density at radius 2 is 1.13 bits per heavy atom. The monoisotopic (exact) mass is 315 g/mol. The van der Waals surface area contributed by atoms with Crippen molar-refractivity contribution in [3.8, 4) is 11.1 Å². The second-order valence-electron chi connectivity index (χ2n) is 6.03. The third-order valence-electron chi connectivity index (χ3n) is 4.39. The highest BCUT2D eigenvalue weighted by Crippen LogP contribution is 2.36. The van der Waals surface area contributed by atoms with E-state index in [4.69, 9.17) is 0 Å². The molecule has 0 N–H and O–H groups in total. The summed E-state index contributed by atoms with van der Waals surface area (Å²) in [7, 11) is 0.302. The zero-order chi connectivity index (χ0) is 15.8. The summed E-state index contributed by atoms with van der Waals surface area (Å²) in [6.45, 7) is 0. The van der Waals surface area contributed by atoms with E-state index in [9.17, 15) is 0 Å². The topological polar surface area (TPSA) is 0 Å². The van der Waals surface area contributed by atoms with E-state index in [0.29, 0.717) is 10.9 Å². The maximum absolute atomic E-state index is 2.29. The summed E-state index contributed by atoms with van der Waals surface area (Å²) in [5.74, 6) is 0. The SMILES string of the molecule is C[S+](C)c1ccc(-c2c3ccccc3cc3ccccc23)cc1. The normalized spacial score (nSPS) is 11.4. The van der Waals surface area contributed by atoms with Crippen LogP contribution in [-0.4, -0.2) is 12.5 Å². The fourth-order valence-corrected chi connectivity index (χ4v) is 3.90. The van der Waals surface area contributed by atoms with Gasteiger partial charge in [0.2, 0.25) is 0 Å². The molecule has 112 valence electrons. The molecule has 0 nitrogen and oxygen atoms in total. The Morgan fingerprint density at radius 1 is 0.609 bits per heavy atom. The molecule has 0 amide bonds. The molecular formula is C22H19S+. The van der Waals surface area contributed by atoms with Gasteiger partial charge in [0.1, 0.15) is 12.5 Å². The number of fused-ring (bicyclic) bond motifs is 2. The zero-order valence-electron chi connectivity index (χ0n) is 13.4. The number of rotatable bonds is 2. The maximum atomic E-state index is 2.29. The van der Waals surface area contributed by atoms with Gasteiger partial charge < -0.3 is 0 Å². The molecule has 4 aromatic carbocycles. The predicted molar refractivity (Wildman–Crippen MR) is 104 cm³/mol. The molecule has 0 fully saturated rings. The maximum Gasteiger partial charge on any atom is 0.154 e.